The van der Waals surface area contributed by atoms with Gasteiger partial charge in [0.05, 0.1) is 0 Å². The molecule has 0 aliphatic heterocycles. The Bertz CT molecular complexity index is 327. The lowest BCUT2D eigenvalue weighted by Gasteiger charge is -2.09. The highest BCUT2D eigenvalue weighted by Gasteiger charge is 2.07. The maximum absolute atomic E-state index is 11.6. The van der Waals surface area contributed by atoms with Crippen LogP contribution in [0.5, 0.6) is 0 Å². The van der Waals surface area contributed by atoms with Crippen LogP contribution in [0.25, 0.3) is 0 Å². The maximum atomic E-state index is 11.6. The summed E-state index contributed by atoms with van der Waals surface area (Å²) in [6.45, 7) is 5.86. The molecule has 0 bridgehead atoms. The molecular weight excluding hydrogens is 242 g/mol. The predicted octanol–water partition coefficient (Wildman–Crippen LogP) is 2.90. The molecule has 2 nitrogen and oxygen atoms in total. The molecule has 0 atom stereocenters. The van der Waals surface area contributed by atoms with Crippen molar-refractivity contribution in [3.8, 4) is 0 Å². The number of hydrogen-bond acceptors (Lipinski definition) is 1. The van der Waals surface area contributed by atoms with E-state index in [2.05, 4.69) is 21.2 Å². The fourth-order valence-corrected chi connectivity index (χ4v) is 1.82. The average molecular weight is 256 g/mol. The van der Waals surface area contributed by atoms with Gasteiger partial charge in [0.15, 0.2) is 0 Å². The van der Waals surface area contributed by atoms with Gasteiger partial charge in [-0.25, -0.2) is 0 Å². The van der Waals surface area contributed by atoms with Gasteiger partial charge in [0.25, 0.3) is 5.91 Å². The van der Waals surface area contributed by atoms with E-state index in [4.69, 9.17) is 0 Å². The number of carbonyl (C=O) groups excluding carboxylic acids is 1. The molecule has 1 rings (SSSR count). The minimum Gasteiger partial charge on any atom is -0.350 e. The molecule has 0 spiro atoms. The average Bonchev–Trinajstić information content (AvgIpc) is 2.00. The van der Waals surface area contributed by atoms with E-state index in [1.807, 2.05) is 39.0 Å². The zero-order valence-corrected chi connectivity index (χ0v) is 10.2. The summed E-state index contributed by atoms with van der Waals surface area (Å²) in [4.78, 5) is 11.6. The summed E-state index contributed by atoms with van der Waals surface area (Å²) in [5.41, 5.74) is 1.78. The number of nitrogens with one attached hydrogen (secondary N) is 1. The highest BCUT2D eigenvalue weighted by Crippen LogP contribution is 2.15. The quantitative estimate of drug-likeness (QED) is 0.866. The van der Waals surface area contributed by atoms with E-state index < -0.39 is 0 Å². The Kier molecular flexibility index (Phi) is 3.69. The fraction of sp³-hybridized carbons (Fsp3) is 0.364. The SMILES string of the molecule is Cc1cc(Br)cc(C(=O)NC(C)C)c1. The van der Waals surface area contributed by atoms with E-state index >= 15 is 0 Å². The Morgan fingerprint density at radius 2 is 2.00 bits per heavy atom. The molecule has 0 aromatic heterocycles. The Hall–Kier alpha value is -0.830. The van der Waals surface area contributed by atoms with Crippen molar-refractivity contribution in [2.75, 3.05) is 0 Å². The number of amides is 1. The number of halogens is 1. The Labute approximate surface area is 92.8 Å². The molecule has 1 amide bonds. The lowest BCUT2D eigenvalue weighted by Crippen LogP contribution is -2.30. The summed E-state index contributed by atoms with van der Waals surface area (Å²) in [6.07, 6.45) is 0. The first-order chi connectivity index (χ1) is 6.49. The molecule has 0 saturated heterocycles. The summed E-state index contributed by atoms with van der Waals surface area (Å²) in [5, 5.41) is 2.85. The van der Waals surface area contributed by atoms with E-state index in [-0.39, 0.29) is 11.9 Å². The van der Waals surface area contributed by atoms with Gasteiger partial charge in [-0.15, -0.1) is 0 Å². The fourth-order valence-electron chi connectivity index (χ4n) is 1.21. The lowest BCUT2D eigenvalue weighted by molar-refractivity contribution is 0.0943. The van der Waals surface area contributed by atoms with E-state index in [0.29, 0.717) is 5.56 Å². The molecule has 76 valence electrons. The molecule has 0 fully saturated rings. The van der Waals surface area contributed by atoms with Gasteiger partial charge >= 0.3 is 0 Å². The van der Waals surface area contributed by atoms with Gasteiger partial charge in [-0.1, -0.05) is 15.9 Å². The van der Waals surface area contributed by atoms with Gasteiger partial charge in [-0.05, 0) is 44.5 Å². The Morgan fingerprint density at radius 1 is 1.36 bits per heavy atom. The van der Waals surface area contributed by atoms with Crippen molar-refractivity contribution in [3.63, 3.8) is 0 Å². The van der Waals surface area contributed by atoms with Crippen molar-refractivity contribution < 1.29 is 4.79 Å². The predicted molar refractivity (Wildman–Crippen MR) is 61.5 cm³/mol. The number of benzene rings is 1. The van der Waals surface area contributed by atoms with Crippen LogP contribution in [0.3, 0.4) is 0 Å². The minimum atomic E-state index is -0.0237. The molecule has 1 N–H and O–H groups in total. The maximum Gasteiger partial charge on any atom is 0.251 e. The van der Waals surface area contributed by atoms with Crippen LogP contribution in [0.2, 0.25) is 0 Å². The van der Waals surface area contributed by atoms with Gasteiger partial charge in [0, 0.05) is 16.1 Å². The zero-order valence-electron chi connectivity index (χ0n) is 8.60. The minimum absolute atomic E-state index is 0.0237. The third-order valence-corrected chi connectivity index (χ3v) is 2.18. The second-order valence-electron chi connectivity index (χ2n) is 3.65. The highest BCUT2D eigenvalue weighted by molar-refractivity contribution is 9.10. The molecule has 3 heteroatoms. The molecule has 0 heterocycles. The molecule has 0 radical (unpaired) electrons. The molecule has 0 saturated carbocycles. The Balaban J connectivity index is 2.90. The first-order valence-corrected chi connectivity index (χ1v) is 5.36. The van der Waals surface area contributed by atoms with Crippen LogP contribution in [0.15, 0.2) is 22.7 Å². The monoisotopic (exact) mass is 255 g/mol. The van der Waals surface area contributed by atoms with E-state index in [0.717, 1.165) is 10.0 Å². The van der Waals surface area contributed by atoms with Gasteiger partial charge in [-0.2, -0.15) is 0 Å². The lowest BCUT2D eigenvalue weighted by atomic mass is 10.1. The summed E-state index contributed by atoms with van der Waals surface area (Å²) in [7, 11) is 0. The van der Waals surface area contributed by atoms with Gasteiger partial charge in [0.1, 0.15) is 0 Å². The van der Waals surface area contributed by atoms with E-state index in [1.165, 1.54) is 0 Å². The highest BCUT2D eigenvalue weighted by atomic mass is 79.9. The van der Waals surface area contributed by atoms with Crippen molar-refractivity contribution >= 4 is 21.8 Å². The first-order valence-electron chi connectivity index (χ1n) is 4.57. The van der Waals surface area contributed by atoms with Crippen LogP contribution in [0.1, 0.15) is 29.8 Å². The second kappa shape index (κ2) is 4.60. The van der Waals surface area contributed by atoms with Crippen LogP contribution in [0.4, 0.5) is 0 Å². The topological polar surface area (TPSA) is 29.1 Å². The molecule has 1 aromatic carbocycles. The van der Waals surface area contributed by atoms with Crippen LogP contribution in [-0.4, -0.2) is 11.9 Å². The van der Waals surface area contributed by atoms with Gasteiger partial charge in [0.2, 0.25) is 0 Å². The van der Waals surface area contributed by atoms with E-state index in [9.17, 15) is 4.79 Å². The van der Waals surface area contributed by atoms with Crippen LogP contribution in [-0.2, 0) is 0 Å². The van der Waals surface area contributed by atoms with Crippen LogP contribution < -0.4 is 5.32 Å². The summed E-state index contributed by atoms with van der Waals surface area (Å²) in [6, 6.07) is 5.85. The first kappa shape index (κ1) is 11.2. The number of rotatable bonds is 2. The third-order valence-electron chi connectivity index (χ3n) is 1.72. The molecular formula is C11H14BrNO. The molecule has 0 unspecified atom stereocenters. The van der Waals surface area contributed by atoms with Crippen molar-refractivity contribution in [2.24, 2.45) is 0 Å². The number of carbonyl (C=O) groups is 1. The van der Waals surface area contributed by atoms with Crippen molar-refractivity contribution in [2.45, 2.75) is 26.8 Å². The molecule has 0 aliphatic carbocycles. The van der Waals surface area contributed by atoms with Gasteiger partial charge < -0.3 is 5.32 Å². The summed E-state index contributed by atoms with van der Waals surface area (Å²) < 4.78 is 0.936. The molecule has 0 aliphatic rings. The van der Waals surface area contributed by atoms with Crippen molar-refractivity contribution in [3.05, 3.63) is 33.8 Å². The van der Waals surface area contributed by atoms with Crippen molar-refractivity contribution in [1.29, 1.82) is 0 Å². The Morgan fingerprint density at radius 3 is 2.50 bits per heavy atom. The molecule has 14 heavy (non-hydrogen) atoms. The van der Waals surface area contributed by atoms with Crippen LogP contribution >= 0.6 is 15.9 Å². The summed E-state index contributed by atoms with van der Waals surface area (Å²) in [5.74, 6) is -0.0237. The largest absolute Gasteiger partial charge is 0.350 e. The third kappa shape index (κ3) is 3.14. The van der Waals surface area contributed by atoms with Gasteiger partial charge in [-0.3, -0.25) is 4.79 Å². The summed E-state index contributed by atoms with van der Waals surface area (Å²) >= 11 is 3.37. The number of aryl methyl sites for hydroxylation is 1. The molecule has 1 aromatic rings. The smallest absolute Gasteiger partial charge is 0.251 e. The zero-order chi connectivity index (χ0) is 10.7. The van der Waals surface area contributed by atoms with Crippen molar-refractivity contribution in [1.82, 2.24) is 5.32 Å². The standard InChI is InChI=1S/C11H14BrNO/c1-7(2)13-11(14)9-4-8(3)5-10(12)6-9/h4-7H,1-3H3,(H,13,14). The van der Waals surface area contributed by atoms with E-state index in [1.54, 1.807) is 0 Å². The normalized spacial score (nSPS) is 10.4. The van der Waals surface area contributed by atoms with Crippen LogP contribution in [0, 0.1) is 6.92 Å². The number of hydrogen-bond donors (Lipinski definition) is 1. The second-order valence-corrected chi connectivity index (χ2v) is 4.56.